The normalized spacial score (nSPS) is 18.3. The van der Waals surface area contributed by atoms with Gasteiger partial charge in [0.2, 0.25) is 5.91 Å². The molecule has 0 aliphatic carbocycles. The van der Waals surface area contributed by atoms with Gasteiger partial charge in [-0.3, -0.25) is 9.78 Å². The van der Waals surface area contributed by atoms with Gasteiger partial charge >= 0.3 is 6.03 Å². The third-order valence-electron chi connectivity index (χ3n) is 3.40. The number of nitrogens with zero attached hydrogens (tertiary/aromatic N) is 2. The second-order valence-electron chi connectivity index (χ2n) is 5.36. The maximum Gasteiger partial charge on any atom is 0.318 e. The van der Waals surface area contributed by atoms with Gasteiger partial charge in [0.25, 0.3) is 0 Å². The number of amides is 3. The van der Waals surface area contributed by atoms with Crippen LogP contribution >= 0.6 is 0 Å². The molecular formula is C14H20N4O2. The highest BCUT2D eigenvalue weighted by molar-refractivity contribution is 5.94. The van der Waals surface area contributed by atoms with Crippen LogP contribution in [0.25, 0.3) is 0 Å². The lowest BCUT2D eigenvalue weighted by Gasteiger charge is -2.25. The number of urea groups is 1. The van der Waals surface area contributed by atoms with E-state index in [2.05, 4.69) is 15.6 Å². The summed E-state index contributed by atoms with van der Waals surface area (Å²) in [5.74, 6) is 0.0983. The highest BCUT2D eigenvalue weighted by Gasteiger charge is 2.33. The molecule has 1 aliphatic heterocycles. The van der Waals surface area contributed by atoms with Gasteiger partial charge in [-0.1, -0.05) is 13.8 Å². The Balaban J connectivity index is 1.96. The molecule has 2 rings (SSSR count). The number of pyridine rings is 1. The Labute approximate surface area is 118 Å². The van der Waals surface area contributed by atoms with Gasteiger partial charge in [-0.15, -0.1) is 0 Å². The fourth-order valence-corrected chi connectivity index (χ4v) is 2.24. The summed E-state index contributed by atoms with van der Waals surface area (Å²) in [4.78, 5) is 29.5. The molecule has 1 atom stereocenters. The average molecular weight is 276 g/mol. The zero-order valence-electron chi connectivity index (χ0n) is 12.0. The molecule has 0 spiro atoms. The largest absolute Gasteiger partial charge is 0.336 e. The molecule has 0 bridgehead atoms. The Kier molecular flexibility index (Phi) is 4.22. The summed E-state index contributed by atoms with van der Waals surface area (Å²) in [6, 6.07) is 3.50. The number of anilines is 1. The first-order chi connectivity index (χ1) is 9.47. The second-order valence-corrected chi connectivity index (χ2v) is 5.36. The summed E-state index contributed by atoms with van der Waals surface area (Å²) in [5.41, 5.74) is 1.53. The molecule has 2 heterocycles. The molecule has 0 saturated carbocycles. The van der Waals surface area contributed by atoms with Crippen molar-refractivity contribution < 1.29 is 9.59 Å². The van der Waals surface area contributed by atoms with E-state index in [4.69, 9.17) is 0 Å². The van der Waals surface area contributed by atoms with Gasteiger partial charge in [0.1, 0.15) is 6.54 Å². The van der Waals surface area contributed by atoms with Crippen LogP contribution in [0.5, 0.6) is 0 Å². The Bertz CT molecular complexity index is 498. The maximum absolute atomic E-state index is 12.0. The number of carbonyl (C=O) groups is 2. The first-order valence-electron chi connectivity index (χ1n) is 6.74. The number of aromatic nitrogens is 1. The minimum absolute atomic E-state index is 0.0581. The summed E-state index contributed by atoms with van der Waals surface area (Å²) < 4.78 is 0. The summed E-state index contributed by atoms with van der Waals surface area (Å²) in [7, 11) is 0. The molecule has 20 heavy (non-hydrogen) atoms. The number of carbonyl (C=O) groups excluding carboxylic acids is 2. The summed E-state index contributed by atoms with van der Waals surface area (Å²) >= 11 is 0. The first kappa shape index (κ1) is 14.3. The molecular weight excluding hydrogens is 256 g/mol. The van der Waals surface area contributed by atoms with Gasteiger partial charge in [0.05, 0.1) is 17.9 Å². The highest BCUT2D eigenvalue weighted by atomic mass is 16.2. The predicted octanol–water partition coefficient (Wildman–Crippen LogP) is 1.38. The van der Waals surface area contributed by atoms with E-state index >= 15 is 0 Å². The lowest BCUT2D eigenvalue weighted by molar-refractivity contribution is -0.117. The van der Waals surface area contributed by atoms with Crippen molar-refractivity contribution in [3.63, 3.8) is 0 Å². The lowest BCUT2D eigenvalue weighted by Crippen LogP contribution is -2.42. The van der Waals surface area contributed by atoms with Gasteiger partial charge in [0.15, 0.2) is 0 Å². The zero-order valence-corrected chi connectivity index (χ0v) is 12.0. The lowest BCUT2D eigenvalue weighted by atomic mass is 10.0. The number of aryl methyl sites for hydroxylation is 1. The van der Waals surface area contributed by atoms with Gasteiger partial charge in [-0.05, 0) is 25.0 Å². The molecule has 1 aromatic heterocycles. The van der Waals surface area contributed by atoms with E-state index in [1.54, 1.807) is 17.2 Å². The van der Waals surface area contributed by atoms with E-state index in [9.17, 15) is 9.59 Å². The molecule has 1 aliphatic rings. The highest BCUT2D eigenvalue weighted by Crippen LogP contribution is 2.15. The van der Waals surface area contributed by atoms with Crippen molar-refractivity contribution in [2.45, 2.75) is 26.8 Å². The summed E-state index contributed by atoms with van der Waals surface area (Å²) in [5, 5.41) is 5.53. The molecule has 6 nitrogen and oxygen atoms in total. The van der Waals surface area contributed by atoms with Crippen LogP contribution < -0.4 is 10.6 Å². The van der Waals surface area contributed by atoms with E-state index in [0.717, 1.165) is 5.69 Å². The topological polar surface area (TPSA) is 74.3 Å². The SMILES string of the molecule is Cc1ccc(NC(=O)CN2C(=O)NC[C@@H]2C(C)C)cn1. The van der Waals surface area contributed by atoms with E-state index in [1.165, 1.54) is 0 Å². The van der Waals surface area contributed by atoms with Crippen molar-refractivity contribution in [3.05, 3.63) is 24.0 Å². The average Bonchev–Trinajstić information content (AvgIpc) is 2.74. The Morgan fingerprint density at radius 3 is 2.90 bits per heavy atom. The molecule has 1 saturated heterocycles. The maximum atomic E-state index is 12.0. The van der Waals surface area contributed by atoms with Crippen LogP contribution in [0.3, 0.4) is 0 Å². The summed E-state index contributed by atoms with van der Waals surface area (Å²) in [6.45, 7) is 6.62. The molecule has 2 N–H and O–H groups in total. The van der Waals surface area contributed by atoms with Crippen molar-refractivity contribution >= 4 is 17.6 Å². The van der Waals surface area contributed by atoms with Crippen LogP contribution in [0.1, 0.15) is 19.5 Å². The van der Waals surface area contributed by atoms with E-state index in [1.807, 2.05) is 26.8 Å². The van der Waals surface area contributed by atoms with Crippen molar-refractivity contribution in [1.82, 2.24) is 15.2 Å². The predicted molar refractivity (Wildman–Crippen MR) is 76.3 cm³/mol. The van der Waals surface area contributed by atoms with Crippen LogP contribution in [-0.4, -0.2) is 41.0 Å². The molecule has 1 aromatic rings. The number of hydrogen-bond acceptors (Lipinski definition) is 3. The number of nitrogens with one attached hydrogen (secondary N) is 2. The minimum Gasteiger partial charge on any atom is -0.336 e. The molecule has 1 fully saturated rings. The quantitative estimate of drug-likeness (QED) is 0.872. The molecule has 0 aromatic carbocycles. The molecule has 3 amide bonds. The number of rotatable bonds is 4. The van der Waals surface area contributed by atoms with Crippen molar-refractivity contribution in [1.29, 1.82) is 0 Å². The fourth-order valence-electron chi connectivity index (χ4n) is 2.24. The van der Waals surface area contributed by atoms with Gasteiger partial charge in [0, 0.05) is 12.2 Å². The third-order valence-corrected chi connectivity index (χ3v) is 3.40. The second kappa shape index (κ2) is 5.90. The molecule has 0 unspecified atom stereocenters. The van der Waals surface area contributed by atoms with E-state index < -0.39 is 0 Å². The summed E-state index contributed by atoms with van der Waals surface area (Å²) in [6.07, 6.45) is 1.61. The van der Waals surface area contributed by atoms with Gasteiger partial charge in [-0.25, -0.2) is 4.79 Å². The number of hydrogen-bond donors (Lipinski definition) is 2. The van der Waals surface area contributed by atoms with Gasteiger partial charge < -0.3 is 15.5 Å². The van der Waals surface area contributed by atoms with Crippen molar-refractivity contribution in [3.8, 4) is 0 Å². The van der Waals surface area contributed by atoms with Crippen LogP contribution in [0.4, 0.5) is 10.5 Å². The van der Waals surface area contributed by atoms with E-state index in [0.29, 0.717) is 18.2 Å². The van der Waals surface area contributed by atoms with Crippen LogP contribution in [-0.2, 0) is 4.79 Å². The van der Waals surface area contributed by atoms with Crippen LogP contribution in [0.15, 0.2) is 18.3 Å². The van der Waals surface area contributed by atoms with Crippen molar-refractivity contribution in [2.24, 2.45) is 5.92 Å². The molecule has 108 valence electrons. The molecule has 6 heteroatoms. The van der Waals surface area contributed by atoms with E-state index in [-0.39, 0.29) is 24.5 Å². The zero-order chi connectivity index (χ0) is 14.7. The fraction of sp³-hybridized carbons (Fsp3) is 0.500. The first-order valence-corrected chi connectivity index (χ1v) is 6.74. The van der Waals surface area contributed by atoms with Gasteiger partial charge in [-0.2, -0.15) is 0 Å². The Hall–Kier alpha value is -2.11. The Morgan fingerprint density at radius 2 is 2.30 bits per heavy atom. The smallest absolute Gasteiger partial charge is 0.318 e. The van der Waals surface area contributed by atoms with Crippen LogP contribution in [0.2, 0.25) is 0 Å². The monoisotopic (exact) mass is 276 g/mol. The standard InChI is InChI=1S/C14H20N4O2/c1-9(2)12-7-16-14(20)18(12)8-13(19)17-11-5-4-10(3)15-6-11/h4-6,9,12H,7-8H2,1-3H3,(H,16,20)(H,17,19)/t12-/m1/s1. The minimum atomic E-state index is -0.210. The Morgan fingerprint density at radius 1 is 1.55 bits per heavy atom. The third kappa shape index (κ3) is 3.26. The van der Waals surface area contributed by atoms with Crippen LogP contribution in [0, 0.1) is 12.8 Å². The van der Waals surface area contributed by atoms with Crippen molar-refractivity contribution in [2.75, 3.05) is 18.4 Å². The molecule has 0 radical (unpaired) electrons.